The largest absolute Gasteiger partial charge is 0.463 e. The summed E-state index contributed by atoms with van der Waals surface area (Å²) in [5, 5.41) is 1.03. The number of fused-ring (bicyclic) bond motifs is 1. The first-order valence-corrected chi connectivity index (χ1v) is 9.17. The fourth-order valence-corrected chi connectivity index (χ4v) is 3.23. The molecule has 4 aromatic rings. The number of esters is 1. The van der Waals surface area contributed by atoms with Crippen LogP contribution in [0, 0.1) is 5.82 Å². The first kappa shape index (κ1) is 19.0. The molecule has 2 aromatic carbocycles. The van der Waals surface area contributed by atoms with Gasteiger partial charge in [0.1, 0.15) is 11.6 Å². The molecule has 0 fully saturated rings. The first-order chi connectivity index (χ1) is 14.0. The summed E-state index contributed by atoms with van der Waals surface area (Å²) >= 11 is 5.82. The van der Waals surface area contributed by atoms with E-state index in [-0.39, 0.29) is 10.8 Å². The molecule has 2 aromatic heterocycles. The minimum atomic E-state index is -0.514. The Hall–Kier alpha value is -3.38. The van der Waals surface area contributed by atoms with E-state index in [1.807, 2.05) is 35.0 Å². The number of carbonyl (C=O) groups is 1. The van der Waals surface area contributed by atoms with Crippen LogP contribution in [0.2, 0.25) is 5.02 Å². The summed E-state index contributed by atoms with van der Waals surface area (Å²) in [7, 11) is 1.31. The van der Waals surface area contributed by atoms with Gasteiger partial charge in [-0.05, 0) is 36.4 Å². The lowest BCUT2D eigenvalue weighted by Gasteiger charge is -2.02. The lowest BCUT2D eigenvalue weighted by molar-refractivity contribution is 0.0563. The maximum Gasteiger partial charge on any atom is 0.373 e. The Labute approximate surface area is 171 Å². The molecule has 0 amide bonds. The van der Waals surface area contributed by atoms with Crippen molar-refractivity contribution in [2.75, 3.05) is 7.11 Å². The van der Waals surface area contributed by atoms with Crippen LogP contribution in [0.1, 0.15) is 21.9 Å². The second-order valence-electron chi connectivity index (χ2n) is 6.34. The molecule has 7 heteroatoms. The number of para-hydroxylation sites is 1. The van der Waals surface area contributed by atoms with Crippen LogP contribution in [0.4, 0.5) is 10.1 Å². The van der Waals surface area contributed by atoms with Crippen molar-refractivity contribution in [2.45, 2.75) is 6.54 Å². The highest BCUT2D eigenvalue weighted by Gasteiger charge is 2.13. The third-order valence-corrected chi connectivity index (χ3v) is 4.74. The Balaban J connectivity index is 1.66. The quantitative estimate of drug-likeness (QED) is 0.317. The molecule has 0 atom stereocenters. The third kappa shape index (κ3) is 3.93. The average Bonchev–Trinajstić information content (AvgIpc) is 3.34. The van der Waals surface area contributed by atoms with Crippen molar-refractivity contribution in [3.8, 4) is 0 Å². The molecular formula is C22H16ClFN2O3. The highest BCUT2D eigenvalue weighted by molar-refractivity contribution is 6.31. The SMILES string of the molecule is COC(=O)c1ccc(Cn2cc(C=Nc3ccc(F)c(Cl)c3)c3ccccc32)o1. The van der Waals surface area contributed by atoms with Crippen LogP contribution >= 0.6 is 11.6 Å². The number of hydrogen-bond donors (Lipinski definition) is 0. The second-order valence-corrected chi connectivity index (χ2v) is 6.75. The summed E-state index contributed by atoms with van der Waals surface area (Å²) in [5.41, 5.74) is 2.44. The van der Waals surface area contributed by atoms with Gasteiger partial charge in [-0.25, -0.2) is 9.18 Å². The number of rotatable bonds is 5. The van der Waals surface area contributed by atoms with E-state index < -0.39 is 11.8 Å². The van der Waals surface area contributed by atoms with Crippen LogP contribution < -0.4 is 0 Å². The number of halogens is 2. The Morgan fingerprint density at radius 3 is 2.86 bits per heavy atom. The van der Waals surface area contributed by atoms with E-state index in [0.29, 0.717) is 18.0 Å². The van der Waals surface area contributed by atoms with Gasteiger partial charge in [0.15, 0.2) is 0 Å². The molecule has 0 radical (unpaired) electrons. The van der Waals surface area contributed by atoms with Gasteiger partial charge < -0.3 is 13.7 Å². The molecule has 0 saturated carbocycles. The number of carbonyl (C=O) groups excluding carboxylic acids is 1. The number of nitrogens with zero attached hydrogens (tertiary/aromatic N) is 2. The number of aliphatic imine (C=N–C) groups is 1. The van der Waals surface area contributed by atoms with Crippen LogP contribution in [0.15, 0.2) is 70.2 Å². The molecule has 0 aliphatic carbocycles. The van der Waals surface area contributed by atoms with Crippen molar-refractivity contribution in [3.63, 3.8) is 0 Å². The molecule has 5 nitrogen and oxygen atoms in total. The number of benzene rings is 2. The molecule has 0 spiro atoms. The Morgan fingerprint density at radius 2 is 2.07 bits per heavy atom. The minimum Gasteiger partial charge on any atom is -0.463 e. The zero-order chi connectivity index (χ0) is 20.4. The highest BCUT2D eigenvalue weighted by atomic mass is 35.5. The van der Waals surface area contributed by atoms with Crippen LogP contribution in [-0.2, 0) is 11.3 Å². The van der Waals surface area contributed by atoms with E-state index in [4.69, 9.17) is 16.0 Å². The normalized spacial score (nSPS) is 11.4. The predicted octanol–water partition coefficient (Wildman–Crippen LogP) is 5.61. The van der Waals surface area contributed by atoms with Crippen molar-refractivity contribution in [1.82, 2.24) is 4.57 Å². The first-order valence-electron chi connectivity index (χ1n) is 8.79. The third-order valence-electron chi connectivity index (χ3n) is 4.45. The van der Waals surface area contributed by atoms with E-state index in [1.54, 1.807) is 24.4 Å². The second kappa shape index (κ2) is 7.93. The lowest BCUT2D eigenvalue weighted by atomic mass is 10.2. The maximum absolute atomic E-state index is 13.3. The van der Waals surface area contributed by atoms with Crippen LogP contribution in [-0.4, -0.2) is 23.9 Å². The summed E-state index contributed by atoms with van der Waals surface area (Å²) in [5.74, 6) is -0.208. The van der Waals surface area contributed by atoms with Gasteiger partial charge >= 0.3 is 5.97 Å². The van der Waals surface area contributed by atoms with E-state index in [1.165, 1.54) is 19.2 Å². The van der Waals surface area contributed by atoms with Crippen LogP contribution in [0.25, 0.3) is 10.9 Å². The smallest absolute Gasteiger partial charge is 0.373 e. The van der Waals surface area contributed by atoms with E-state index in [0.717, 1.165) is 16.5 Å². The van der Waals surface area contributed by atoms with Crippen molar-refractivity contribution in [2.24, 2.45) is 4.99 Å². The summed E-state index contributed by atoms with van der Waals surface area (Å²) in [6.07, 6.45) is 3.66. The van der Waals surface area contributed by atoms with Crippen LogP contribution in [0.3, 0.4) is 0 Å². The molecule has 0 N–H and O–H groups in total. The Kier molecular flexibility index (Phi) is 5.18. The number of ether oxygens (including phenoxy) is 1. The van der Waals surface area contributed by atoms with Gasteiger partial charge in [-0.1, -0.05) is 29.8 Å². The number of hydrogen-bond acceptors (Lipinski definition) is 4. The fourth-order valence-electron chi connectivity index (χ4n) is 3.06. The summed E-state index contributed by atoms with van der Waals surface area (Å²) in [6.45, 7) is 0.438. The molecule has 0 aliphatic rings. The topological polar surface area (TPSA) is 56.7 Å². The minimum absolute atomic E-state index is 0.0290. The Bertz CT molecular complexity index is 1230. The van der Waals surface area contributed by atoms with Crippen molar-refractivity contribution >= 4 is 40.4 Å². The van der Waals surface area contributed by atoms with E-state index >= 15 is 0 Å². The van der Waals surface area contributed by atoms with Crippen molar-refractivity contribution in [3.05, 3.63) is 88.7 Å². The molecule has 4 rings (SSSR count). The summed E-state index contributed by atoms with van der Waals surface area (Å²) in [6, 6.07) is 15.5. The fraction of sp³-hybridized carbons (Fsp3) is 0.0909. The maximum atomic E-state index is 13.3. The zero-order valence-corrected chi connectivity index (χ0v) is 16.2. The monoisotopic (exact) mass is 410 g/mol. The van der Waals surface area contributed by atoms with E-state index in [2.05, 4.69) is 9.73 Å². The number of methoxy groups -OCH3 is 1. The average molecular weight is 411 g/mol. The van der Waals surface area contributed by atoms with E-state index in [9.17, 15) is 9.18 Å². The lowest BCUT2D eigenvalue weighted by Crippen LogP contribution is -1.99. The van der Waals surface area contributed by atoms with Gasteiger partial charge in [0.05, 0.1) is 24.4 Å². The molecule has 0 unspecified atom stereocenters. The van der Waals surface area contributed by atoms with Gasteiger partial charge in [-0.15, -0.1) is 0 Å². The van der Waals surface area contributed by atoms with Gasteiger partial charge in [-0.2, -0.15) is 0 Å². The number of furan rings is 1. The molecular weight excluding hydrogens is 395 g/mol. The number of aromatic nitrogens is 1. The van der Waals surface area contributed by atoms with Gasteiger partial charge in [0.25, 0.3) is 0 Å². The van der Waals surface area contributed by atoms with Crippen LogP contribution in [0.5, 0.6) is 0 Å². The molecule has 29 heavy (non-hydrogen) atoms. The standard InChI is InChI=1S/C22H16ClFN2O3/c1-28-22(27)21-9-7-16(29-21)13-26-12-14(17-4-2-3-5-20(17)26)11-25-15-6-8-19(24)18(23)10-15/h2-12H,13H2,1H3. The summed E-state index contributed by atoms with van der Waals surface area (Å²) < 4.78 is 25.6. The van der Waals surface area contributed by atoms with Crippen molar-refractivity contribution in [1.29, 1.82) is 0 Å². The van der Waals surface area contributed by atoms with Gasteiger partial charge in [0.2, 0.25) is 5.76 Å². The molecule has 0 saturated heterocycles. The molecule has 146 valence electrons. The summed E-state index contributed by atoms with van der Waals surface area (Å²) in [4.78, 5) is 16.0. The molecule has 0 aliphatic heterocycles. The highest BCUT2D eigenvalue weighted by Crippen LogP contribution is 2.24. The van der Waals surface area contributed by atoms with Gasteiger partial charge in [0, 0.05) is 28.9 Å². The predicted molar refractivity (Wildman–Crippen MR) is 110 cm³/mol. The van der Waals surface area contributed by atoms with Crippen molar-refractivity contribution < 1.29 is 18.3 Å². The van der Waals surface area contributed by atoms with Gasteiger partial charge in [-0.3, -0.25) is 4.99 Å². The Morgan fingerprint density at radius 1 is 1.24 bits per heavy atom. The molecule has 0 bridgehead atoms. The molecule has 2 heterocycles. The zero-order valence-electron chi connectivity index (χ0n) is 15.4.